The van der Waals surface area contributed by atoms with Gasteiger partial charge in [-0.2, -0.15) is 0 Å². The predicted molar refractivity (Wildman–Crippen MR) is 121 cm³/mol. The molecule has 0 atom stereocenters. The van der Waals surface area contributed by atoms with Crippen molar-refractivity contribution < 1.29 is 14.2 Å². The number of ether oxygens (including phenoxy) is 3. The third kappa shape index (κ3) is 6.66. The molecule has 2 heterocycles. The van der Waals surface area contributed by atoms with E-state index in [1.165, 1.54) is 24.0 Å². The summed E-state index contributed by atoms with van der Waals surface area (Å²) in [5, 5.41) is 0. The molecule has 6 nitrogen and oxygen atoms in total. The first-order valence-electron chi connectivity index (χ1n) is 11.5. The summed E-state index contributed by atoms with van der Waals surface area (Å²) < 4.78 is 17.4. The Hall–Kier alpha value is -2.15. The van der Waals surface area contributed by atoms with Gasteiger partial charge in [-0.1, -0.05) is 12.1 Å². The fourth-order valence-corrected chi connectivity index (χ4v) is 4.42. The van der Waals surface area contributed by atoms with Crippen LogP contribution in [0.25, 0.3) is 0 Å². The third-order valence-corrected chi connectivity index (χ3v) is 6.20. The number of pyridine rings is 1. The highest BCUT2D eigenvalue weighted by molar-refractivity contribution is 5.43. The number of methoxy groups -OCH3 is 1. The summed E-state index contributed by atoms with van der Waals surface area (Å²) in [6, 6.07) is 10.5. The topological polar surface area (TPSA) is 47.1 Å². The summed E-state index contributed by atoms with van der Waals surface area (Å²) in [4.78, 5) is 9.26. The van der Waals surface area contributed by atoms with Crippen LogP contribution in [0, 0.1) is 0 Å². The molecule has 2 aliphatic rings. The van der Waals surface area contributed by atoms with Gasteiger partial charge in [0.15, 0.2) is 11.5 Å². The second-order valence-corrected chi connectivity index (χ2v) is 8.54. The standard InChI is InChI=1S/C25H35N3O3/c1-29-25-17-21(8-9-24(25)31-23-6-2-3-7-23)19-28(20-22-5-4-10-26-18-22)12-11-27-13-15-30-16-14-27/h4-5,8-10,17-18,23H,2-3,6-7,11-16,19-20H2,1H3. The fourth-order valence-electron chi connectivity index (χ4n) is 4.42. The molecule has 0 spiro atoms. The van der Waals surface area contributed by atoms with Gasteiger partial charge in [-0.05, 0) is 55.0 Å². The van der Waals surface area contributed by atoms with Gasteiger partial charge >= 0.3 is 0 Å². The summed E-state index contributed by atoms with van der Waals surface area (Å²) in [7, 11) is 1.73. The molecule has 0 amide bonds. The monoisotopic (exact) mass is 425 g/mol. The number of morpholine rings is 1. The Labute approximate surface area is 186 Å². The van der Waals surface area contributed by atoms with E-state index in [0.29, 0.717) is 6.10 Å². The number of hydrogen-bond donors (Lipinski definition) is 0. The molecule has 1 saturated carbocycles. The van der Waals surface area contributed by atoms with Gasteiger partial charge in [0, 0.05) is 51.7 Å². The van der Waals surface area contributed by atoms with Crippen molar-refractivity contribution in [1.82, 2.24) is 14.8 Å². The summed E-state index contributed by atoms with van der Waals surface area (Å²) >= 11 is 0. The van der Waals surface area contributed by atoms with E-state index in [4.69, 9.17) is 14.2 Å². The Morgan fingerprint density at radius 1 is 1.06 bits per heavy atom. The Morgan fingerprint density at radius 3 is 2.61 bits per heavy atom. The largest absolute Gasteiger partial charge is 0.493 e. The molecular formula is C25H35N3O3. The van der Waals surface area contributed by atoms with Crippen molar-refractivity contribution in [3.05, 3.63) is 53.9 Å². The van der Waals surface area contributed by atoms with Gasteiger partial charge in [0.2, 0.25) is 0 Å². The van der Waals surface area contributed by atoms with Gasteiger partial charge < -0.3 is 14.2 Å². The summed E-state index contributed by atoms with van der Waals surface area (Å²) in [6.45, 7) is 7.48. The average Bonchev–Trinajstić information content (AvgIpc) is 3.33. The molecule has 1 aromatic carbocycles. The smallest absolute Gasteiger partial charge is 0.161 e. The fraction of sp³-hybridized carbons (Fsp3) is 0.560. The lowest BCUT2D eigenvalue weighted by molar-refractivity contribution is 0.0325. The van der Waals surface area contributed by atoms with Crippen molar-refractivity contribution in [3.8, 4) is 11.5 Å². The van der Waals surface area contributed by atoms with Gasteiger partial charge in [0.25, 0.3) is 0 Å². The number of benzene rings is 1. The minimum absolute atomic E-state index is 0.329. The van der Waals surface area contributed by atoms with Gasteiger partial charge in [0.1, 0.15) is 0 Å². The summed E-state index contributed by atoms with van der Waals surface area (Å²) in [5.74, 6) is 1.70. The molecule has 4 rings (SSSR count). The molecule has 2 aromatic rings. The minimum Gasteiger partial charge on any atom is -0.493 e. The van der Waals surface area contributed by atoms with Crippen LogP contribution >= 0.6 is 0 Å². The van der Waals surface area contributed by atoms with Crippen LogP contribution in [0.4, 0.5) is 0 Å². The normalized spacial score (nSPS) is 17.9. The summed E-state index contributed by atoms with van der Waals surface area (Å²) in [6.07, 6.45) is 8.93. The van der Waals surface area contributed by atoms with Crippen molar-refractivity contribution >= 4 is 0 Å². The number of nitrogens with zero attached hydrogens (tertiary/aromatic N) is 3. The average molecular weight is 426 g/mol. The molecule has 0 bridgehead atoms. The maximum atomic E-state index is 6.21. The van der Waals surface area contributed by atoms with Gasteiger partial charge in [-0.3, -0.25) is 14.8 Å². The van der Waals surface area contributed by atoms with E-state index in [0.717, 1.165) is 76.8 Å². The molecule has 168 valence electrons. The molecule has 31 heavy (non-hydrogen) atoms. The van der Waals surface area contributed by atoms with Crippen molar-refractivity contribution in [2.75, 3.05) is 46.5 Å². The number of hydrogen-bond acceptors (Lipinski definition) is 6. The van der Waals surface area contributed by atoms with Crippen LogP contribution in [0.2, 0.25) is 0 Å². The van der Waals surface area contributed by atoms with E-state index in [1.807, 2.05) is 18.5 Å². The lowest BCUT2D eigenvalue weighted by Gasteiger charge is -2.30. The zero-order valence-corrected chi connectivity index (χ0v) is 18.7. The second-order valence-electron chi connectivity index (χ2n) is 8.54. The molecule has 1 aromatic heterocycles. The lowest BCUT2D eigenvalue weighted by Crippen LogP contribution is -2.41. The highest BCUT2D eigenvalue weighted by Crippen LogP contribution is 2.32. The third-order valence-electron chi connectivity index (χ3n) is 6.20. The Bertz CT molecular complexity index is 790. The molecule has 1 aliphatic heterocycles. The van der Waals surface area contributed by atoms with Crippen LogP contribution in [0.3, 0.4) is 0 Å². The van der Waals surface area contributed by atoms with Crippen LogP contribution in [0.1, 0.15) is 36.8 Å². The molecule has 0 N–H and O–H groups in total. The molecular weight excluding hydrogens is 390 g/mol. The maximum absolute atomic E-state index is 6.21. The van der Waals surface area contributed by atoms with E-state index in [1.54, 1.807) is 7.11 Å². The highest BCUT2D eigenvalue weighted by Gasteiger charge is 2.19. The van der Waals surface area contributed by atoms with Gasteiger partial charge in [-0.25, -0.2) is 0 Å². The lowest BCUT2D eigenvalue weighted by atomic mass is 10.1. The predicted octanol–water partition coefficient (Wildman–Crippen LogP) is 3.75. The molecule has 1 saturated heterocycles. The Kier molecular flexibility index (Phi) is 8.16. The highest BCUT2D eigenvalue weighted by atomic mass is 16.5. The molecule has 2 fully saturated rings. The number of rotatable bonds is 10. The van der Waals surface area contributed by atoms with Crippen molar-refractivity contribution in [3.63, 3.8) is 0 Å². The second kappa shape index (κ2) is 11.5. The maximum Gasteiger partial charge on any atom is 0.161 e. The van der Waals surface area contributed by atoms with Crippen molar-refractivity contribution in [2.24, 2.45) is 0 Å². The first-order chi connectivity index (χ1) is 15.3. The van der Waals surface area contributed by atoms with Crippen LogP contribution in [-0.4, -0.2) is 67.4 Å². The quantitative estimate of drug-likeness (QED) is 0.578. The van der Waals surface area contributed by atoms with E-state index >= 15 is 0 Å². The van der Waals surface area contributed by atoms with Crippen LogP contribution in [-0.2, 0) is 17.8 Å². The van der Waals surface area contributed by atoms with Gasteiger partial charge in [-0.15, -0.1) is 0 Å². The zero-order chi connectivity index (χ0) is 21.3. The van der Waals surface area contributed by atoms with E-state index in [2.05, 4.69) is 39.0 Å². The minimum atomic E-state index is 0.329. The number of aromatic nitrogens is 1. The van der Waals surface area contributed by atoms with E-state index in [9.17, 15) is 0 Å². The SMILES string of the molecule is COc1cc(CN(CCN2CCOCC2)Cc2cccnc2)ccc1OC1CCCC1. The Morgan fingerprint density at radius 2 is 1.87 bits per heavy atom. The zero-order valence-electron chi connectivity index (χ0n) is 18.7. The van der Waals surface area contributed by atoms with Crippen molar-refractivity contribution in [2.45, 2.75) is 44.9 Å². The first kappa shape index (κ1) is 22.1. The van der Waals surface area contributed by atoms with Crippen LogP contribution < -0.4 is 9.47 Å². The van der Waals surface area contributed by atoms with Gasteiger partial charge in [0.05, 0.1) is 26.4 Å². The Balaban J connectivity index is 1.42. The molecule has 6 heteroatoms. The van der Waals surface area contributed by atoms with E-state index in [-0.39, 0.29) is 0 Å². The molecule has 1 aliphatic carbocycles. The van der Waals surface area contributed by atoms with E-state index < -0.39 is 0 Å². The van der Waals surface area contributed by atoms with Crippen molar-refractivity contribution in [1.29, 1.82) is 0 Å². The molecule has 0 unspecified atom stereocenters. The first-order valence-corrected chi connectivity index (χ1v) is 11.5. The molecule has 0 radical (unpaired) electrons. The summed E-state index contributed by atoms with van der Waals surface area (Å²) in [5.41, 5.74) is 2.47. The van der Waals surface area contributed by atoms with Crippen LogP contribution in [0.5, 0.6) is 11.5 Å². The van der Waals surface area contributed by atoms with Crippen LogP contribution in [0.15, 0.2) is 42.7 Å².